The van der Waals surface area contributed by atoms with E-state index in [0.29, 0.717) is 5.69 Å². The minimum atomic E-state index is -0.113. The molecule has 19 heavy (non-hydrogen) atoms. The average Bonchev–Trinajstić information content (AvgIpc) is 2.37. The molecule has 1 amide bonds. The molecule has 0 fully saturated rings. The second-order valence-corrected chi connectivity index (χ2v) is 5.49. The van der Waals surface area contributed by atoms with Gasteiger partial charge in [-0.1, -0.05) is 6.07 Å². The number of halogens is 1. The molecule has 1 aromatic heterocycles. The first-order valence-corrected chi connectivity index (χ1v) is 6.74. The summed E-state index contributed by atoms with van der Waals surface area (Å²) in [6.07, 6.45) is 1.63. The highest BCUT2D eigenvalue weighted by molar-refractivity contribution is 9.10. The molecule has 1 heterocycles. The quantitative estimate of drug-likeness (QED) is 0.845. The monoisotopic (exact) mass is 318 g/mol. The molecule has 0 spiro atoms. The number of aromatic nitrogens is 1. The van der Waals surface area contributed by atoms with Crippen molar-refractivity contribution in [1.82, 2.24) is 4.98 Å². The lowest BCUT2D eigenvalue weighted by molar-refractivity contribution is 0.0988. The van der Waals surface area contributed by atoms with Crippen molar-refractivity contribution in [3.8, 4) is 0 Å². The molecule has 0 saturated heterocycles. The van der Waals surface area contributed by atoms with Crippen LogP contribution >= 0.6 is 15.9 Å². The molecule has 0 aliphatic carbocycles. The van der Waals surface area contributed by atoms with Crippen molar-refractivity contribution >= 4 is 27.5 Å². The number of amides is 1. The van der Waals surface area contributed by atoms with E-state index in [9.17, 15) is 4.79 Å². The van der Waals surface area contributed by atoms with Gasteiger partial charge in [0.05, 0.1) is 0 Å². The van der Waals surface area contributed by atoms with E-state index in [-0.39, 0.29) is 5.91 Å². The summed E-state index contributed by atoms with van der Waals surface area (Å²) in [4.78, 5) is 18.1. The molecule has 0 unspecified atom stereocenters. The van der Waals surface area contributed by atoms with Crippen molar-refractivity contribution in [3.63, 3.8) is 0 Å². The predicted octanol–water partition coefficient (Wildman–Crippen LogP) is 3.74. The highest BCUT2D eigenvalue weighted by atomic mass is 79.9. The molecule has 0 aliphatic rings. The van der Waals surface area contributed by atoms with Gasteiger partial charge in [-0.15, -0.1) is 0 Å². The maximum Gasteiger partial charge on any atom is 0.276 e. The van der Waals surface area contributed by atoms with Gasteiger partial charge in [0, 0.05) is 23.4 Å². The molecule has 2 rings (SSSR count). The van der Waals surface area contributed by atoms with Gasteiger partial charge in [0.2, 0.25) is 0 Å². The Hall–Kier alpha value is -1.68. The molecule has 0 aliphatic heterocycles. The van der Waals surface area contributed by atoms with Crippen molar-refractivity contribution in [1.29, 1.82) is 0 Å². The summed E-state index contributed by atoms with van der Waals surface area (Å²) in [5.74, 6) is -0.113. The first-order chi connectivity index (χ1) is 8.97. The number of pyridine rings is 1. The van der Waals surface area contributed by atoms with Gasteiger partial charge in [0.25, 0.3) is 5.91 Å². The predicted molar refractivity (Wildman–Crippen MR) is 80.6 cm³/mol. The van der Waals surface area contributed by atoms with Gasteiger partial charge in [0.15, 0.2) is 0 Å². The van der Waals surface area contributed by atoms with E-state index < -0.39 is 0 Å². The fourth-order valence-corrected chi connectivity index (χ4v) is 2.17. The van der Waals surface area contributed by atoms with Crippen LogP contribution in [0.15, 0.2) is 41.0 Å². The Balaban J connectivity index is 2.30. The third kappa shape index (κ3) is 3.20. The number of carbonyl (C=O) groups excluding carboxylic acids is 1. The summed E-state index contributed by atoms with van der Waals surface area (Å²) < 4.78 is 0.859. The van der Waals surface area contributed by atoms with Gasteiger partial charge in [-0.25, -0.2) is 4.98 Å². The van der Waals surface area contributed by atoms with Crippen LogP contribution in [-0.4, -0.2) is 17.9 Å². The third-order valence-electron chi connectivity index (χ3n) is 2.84. The Morgan fingerprint density at radius 3 is 2.32 bits per heavy atom. The van der Waals surface area contributed by atoms with Crippen LogP contribution in [0.5, 0.6) is 0 Å². The van der Waals surface area contributed by atoms with E-state index in [1.54, 1.807) is 24.2 Å². The lowest BCUT2D eigenvalue weighted by Crippen LogP contribution is -2.27. The van der Waals surface area contributed by atoms with E-state index in [4.69, 9.17) is 0 Å². The fraction of sp³-hybridized carbons (Fsp3) is 0.200. The van der Waals surface area contributed by atoms with Crippen molar-refractivity contribution in [2.24, 2.45) is 0 Å². The minimum absolute atomic E-state index is 0.113. The fourth-order valence-electron chi connectivity index (χ4n) is 1.94. The van der Waals surface area contributed by atoms with Crippen LogP contribution in [0.4, 0.5) is 5.69 Å². The number of hydrogen-bond donors (Lipinski definition) is 0. The van der Waals surface area contributed by atoms with Crippen LogP contribution in [0, 0.1) is 13.8 Å². The standard InChI is InChI=1S/C15H15BrN2O/c1-10-6-11(2)8-13(7-10)18(3)15(19)14-5-4-12(16)9-17-14/h4-9H,1-3H3. The summed E-state index contributed by atoms with van der Waals surface area (Å²) in [5.41, 5.74) is 3.59. The number of hydrogen-bond acceptors (Lipinski definition) is 2. The zero-order valence-electron chi connectivity index (χ0n) is 11.1. The normalized spacial score (nSPS) is 10.3. The molecule has 2 aromatic rings. The summed E-state index contributed by atoms with van der Waals surface area (Å²) in [6.45, 7) is 4.04. The minimum Gasteiger partial charge on any atom is -0.310 e. The molecule has 0 bridgehead atoms. The van der Waals surface area contributed by atoms with Crippen LogP contribution in [0.2, 0.25) is 0 Å². The number of anilines is 1. The van der Waals surface area contributed by atoms with Crippen LogP contribution in [0.25, 0.3) is 0 Å². The summed E-state index contributed by atoms with van der Waals surface area (Å²) in [5, 5.41) is 0. The molecule has 0 saturated carbocycles. The van der Waals surface area contributed by atoms with Gasteiger partial charge in [-0.2, -0.15) is 0 Å². The molecule has 0 radical (unpaired) electrons. The largest absolute Gasteiger partial charge is 0.310 e. The summed E-state index contributed by atoms with van der Waals surface area (Å²) in [6, 6.07) is 9.59. The van der Waals surface area contributed by atoms with Gasteiger partial charge in [-0.3, -0.25) is 4.79 Å². The Kier molecular flexibility index (Phi) is 4.00. The van der Waals surface area contributed by atoms with Gasteiger partial charge >= 0.3 is 0 Å². The first kappa shape index (κ1) is 13.7. The number of rotatable bonds is 2. The van der Waals surface area contributed by atoms with E-state index >= 15 is 0 Å². The molecule has 3 nitrogen and oxygen atoms in total. The second-order valence-electron chi connectivity index (χ2n) is 4.57. The van der Waals surface area contributed by atoms with Crippen molar-refractivity contribution in [2.45, 2.75) is 13.8 Å². The molecule has 1 aromatic carbocycles. The maximum absolute atomic E-state index is 12.3. The lowest BCUT2D eigenvalue weighted by atomic mass is 10.1. The highest BCUT2D eigenvalue weighted by Crippen LogP contribution is 2.19. The smallest absolute Gasteiger partial charge is 0.276 e. The maximum atomic E-state index is 12.3. The highest BCUT2D eigenvalue weighted by Gasteiger charge is 2.15. The van der Waals surface area contributed by atoms with E-state index in [0.717, 1.165) is 21.3 Å². The zero-order valence-corrected chi connectivity index (χ0v) is 12.7. The summed E-state index contributed by atoms with van der Waals surface area (Å²) >= 11 is 3.31. The Bertz CT molecular complexity index is 588. The van der Waals surface area contributed by atoms with Gasteiger partial charge in [0.1, 0.15) is 5.69 Å². The van der Waals surface area contributed by atoms with Gasteiger partial charge < -0.3 is 4.90 Å². The Morgan fingerprint density at radius 1 is 1.16 bits per heavy atom. The van der Waals surface area contributed by atoms with Crippen LogP contribution in [0.3, 0.4) is 0 Å². The third-order valence-corrected chi connectivity index (χ3v) is 3.31. The Morgan fingerprint density at radius 2 is 1.79 bits per heavy atom. The summed E-state index contributed by atoms with van der Waals surface area (Å²) in [7, 11) is 1.76. The van der Waals surface area contributed by atoms with Crippen LogP contribution in [-0.2, 0) is 0 Å². The van der Waals surface area contributed by atoms with Crippen molar-refractivity contribution in [3.05, 3.63) is 57.8 Å². The first-order valence-electron chi connectivity index (χ1n) is 5.95. The average molecular weight is 319 g/mol. The number of benzene rings is 1. The molecule has 4 heteroatoms. The Labute approximate surface area is 121 Å². The lowest BCUT2D eigenvalue weighted by Gasteiger charge is -2.18. The molecular weight excluding hydrogens is 304 g/mol. The number of carbonyl (C=O) groups is 1. The van der Waals surface area contributed by atoms with Gasteiger partial charge in [-0.05, 0) is 65.2 Å². The van der Waals surface area contributed by atoms with Crippen molar-refractivity contribution in [2.75, 3.05) is 11.9 Å². The second kappa shape index (κ2) is 5.53. The van der Waals surface area contributed by atoms with E-state index in [1.165, 1.54) is 0 Å². The van der Waals surface area contributed by atoms with E-state index in [2.05, 4.69) is 27.0 Å². The van der Waals surface area contributed by atoms with Crippen LogP contribution in [0.1, 0.15) is 21.6 Å². The van der Waals surface area contributed by atoms with E-state index in [1.807, 2.05) is 32.0 Å². The molecule has 0 N–H and O–H groups in total. The number of nitrogens with zero attached hydrogens (tertiary/aromatic N) is 2. The SMILES string of the molecule is Cc1cc(C)cc(N(C)C(=O)c2ccc(Br)cn2)c1. The molecule has 98 valence electrons. The molecule has 0 atom stereocenters. The van der Waals surface area contributed by atoms with Crippen LogP contribution < -0.4 is 4.90 Å². The zero-order chi connectivity index (χ0) is 14.0. The van der Waals surface area contributed by atoms with Crippen molar-refractivity contribution < 1.29 is 4.79 Å². The topological polar surface area (TPSA) is 33.2 Å². The molecular formula is C15H15BrN2O. The number of aryl methyl sites for hydroxylation is 2.